The number of hydrogen-bond donors (Lipinski definition) is 3. The van der Waals surface area contributed by atoms with Gasteiger partial charge in [0.05, 0.1) is 12.3 Å². The molecule has 1 aliphatic heterocycles. The first-order valence-corrected chi connectivity index (χ1v) is 11.3. The summed E-state index contributed by atoms with van der Waals surface area (Å²) in [6.45, 7) is 3.55. The Kier molecular flexibility index (Phi) is 7.25. The summed E-state index contributed by atoms with van der Waals surface area (Å²) in [5.74, 6) is 2.06. The van der Waals surface area contributed by atoms with Crippen molar-refractivity contribution < 1.29 is 9.21 Å². The fourth-order valence-corrected chi connectivity index (χ4v) is 4.22. The zero-order valence-electron chi connectivity index (χ0n) is 18.3. The molecule has 1 saturated heterocycles. The van der Waals surface area contributed by atoms with E-state index in [0.717, 1.165) is 61.9 Å². The minimum atomic E-state index is 0.139. The number of aliphatic imine (C=N–C) groups is 1. The van der Waals surface area contributed by atoms with Crippen molar-refractivity contribution in [3.05, 3.63) is 54.0 Å². The number of nitrogens with zero attached hydrogens (tertiary/aromatic N) is 2. The molecule has 1 aromatic carbocycles. The van der Waals surface area contributed by atoms with E-state index >= 15 is 0 Å². The molecule has 2 aromatic rings. The SMILES string of the molecule is CN=C(NCc1cccc(NC(=O)C2CCC2)c1)NCC(c1ccco1)N1CCCC1. The predicted octanol–water partition coefficient (Wildman–Crippen LogP) is 3.52. The van der Waals surface area contributed by atoms with E-state index in [-0.39, 0.29) is 17.9 Å². The average molecular weight is 424 g/mol. The lowest BCUT2D eigenvalue weighted by molar-refractivity contribution is -0.122. The molecule has 1 atom stereocenters. The number of rotatable bonds is 8. The van der Waals surface area contributed by atoms with E-state index in [2.05, 4.69) is 31.9 Å². The van der Waals surface area contributed by atoms with Crippen LogP contribution in [-0.2, 0) is 11.3 Å². The van der Waals surface area contributed by atoms with Gasteiger partial charge in [-0.05, 0) is 68.6 Å². The fourth-order valence-electron chi connectivity index (χ4n) is 4.22. The van der Waals surface area contributed by atoms with Gasteiger partial charge in [0, 0.05) is 31.7 Å². The third kappa shape index (κ3) is 5.67. The third-order valence-electron chi connectivity index (χ3n) is 6.27. The maximum Gasteiger partial charge on any atom is 0.227 e. The minimum absolute atomic E-state index is 0.139. The van der Waals surface area contributed by atoms with E-state index in [1.807, 2.05) is 30.3 Å². The molecule has 1 amide bonds. The van der Waals surface area contributed by atoms with Crippen LogP contribution in [0.3, 0.4) is 0 Å². The summed E-state index contributed by atoms with van der Waals surface area (Å²) >= 11 is 0. The summed E-state index contributed by atoms with van der Waals surface area (Å²) in [5.41, 5.74) is 1.95. The van der Waals surface area contributed by atoms with Gasteiger partial charge in [-0.25, -0.2) is 0 Å². The summed E-state index contributed by atoms with van der Waals surface area (Å²) in [6, 6.07) is 12.2. The Morgan fingerprint density at radius 1 is 1.16 bits per heavy atom. The van der Waals surface area contributed by atoms with Gasteiger partial charge in [-0.3, -0.25) is 14.7 Å². The van der Waals surface area contributed by atoms with Crippen molar-refractivity contribution in [2.45, 2.75) is 44.7 Å². The quantitative estimate of drug-likeness (QED) is 0.447. The summed E-state index contributed by atoms with van der Waals surface area (Å²) < 4.78 is 5.70. The van der Waals surface area contributed by atoms with Gasteiger partial charge >= 0.3 is 0 Å². The van der Waals surface area contributed by atoms with Crippen LogP contribution in [0.25, 0.3) is 0 Å². The number of amides is 1. The number of carbonyl (C=O) groups excluding carboxylic acids is 1. The number of likely N-dealkylation sites (tertiary alicyclic amines) is 1. The predicted molar refractivity (Wildman–Crippen MR) is 123 cm³/mol. The largest absolute Gasteiger partial charge is 0.468 e. The van der Waals surface area contributed by atoms with Crippen LogP contribution in [-0.4, -0.2) is 43.4 Å². The summed E-state index contributed by atoms with van der Waals surface area (Å²) in [4.78, 5) is 19.0. The second-order valence-electron chi connectivity index (χ2n) is 8.40. The van der Waals surface area contributed by atoms with Crippen molar-refractivity contribution in [1.82, 2.24) is 15.5 Å². The normalized spacial score (nSPS) is 18.4. The standard InChI is InChI=1S/C24H33N5O2/c1-25-24(27-17-21(22-11-6-14-31-22)29-12-2-3-13-29)26-16-18-7-4-10-20(15-18)28-23(30)19-8-5-9-19/h4,6-7,10-11,14-15,19,21H,2-3,5,8-9,12-13,16-17H2,1H3,(H,28,30)(H2,25,26,27). The van der Waals surface area contributed by atoms with E-state index in [9.17, 15) is 4.79 Å². The molecule has 1 saturated carbocycles. The number of carbonyl (C=O) groups is 1. The molecule has 1 aromatic heterocycles. The van der Waals surface area contributed by atoms with E-state index in [4.69, 9.17) is 4.42 Å². The van der Waals surface area contributed by atoms with Gasteiger partial charge in [0.25, 0.3) is 0 Å². The molecule has 3 N–H and O–H groups in total. The lowest BCUT2D eigenvalue weighted by atomic mass is 9.85. The van der Waals surface area contributed by atoms with Crippen LogP contribution in [0.15, 0.2) is 52.1 Å². The Morgan fingerprint density at radius 3 is 2.68 bits per heavy atom. The number of nitrogens with one attached hydrogen (secondary N) is 3. The maximum atomic E-state index is 12.2. The molecule has 4 rings (SSSR count). The van der Waals surface area contributed by atoms with E-state index in [1.165, 1.54) is 12.8 Å². The number of hydrogen-bond acceptors (Lipinski definition) is 4. The van der Waals surface area contributed by atoms with Crippen LogP contribution in [0.4, 0.5) is 5.69 Å². The average Bonchev–Trinajstić information content (AvgIpc) is 3.44. The Morgan fingerprint density at radius 2 is 2.00 bits per heavy atom. The Hall–Kier alpha value is -2.80. The topological polar surface area (TPSA) is 81.9 Å². The molecule has 166 valence electrons. The summed E-state index contributed by atoms with van der Waals surface area (Å²) in [5, 5.41) is 9.87. The van der Waals surface area contributed by atoms with Crippen LogP contribution in [0.2, 0.25) is 0 Å². The number of furan rings is 1. The first-order valence-electron chi connectivity index (χ1n) is 11.3. The molecule has 1 unspecified atom stereocenters. The number of anilines is 1. The first kappa shape index (κ1) is 21.4. The van der Waals surface area contributed by atoms with Crippen molar-refractivity contribution in [2.75, 3.05) is 32.0 Å². The second-order valence-corrected chi connectivity index (χ2v) is 8.40. The van der Waals surface area contributed by atoms with Crippen molar-refractivity contribution >= 4 is 17.6 Å². The molecule has 0 radical (unpaired) electrons. The van der Waals surface area contributed by atoms with Crippen LogP contribution in [0.5, 0.6) is 0 Å². The molecule has 0 spiro atoms. The lowest BCUT2D eigenvalue weighted by Crippen LogP contribution is -2.42. The van der Waals surface area contributed by atoms with Gasteiger partial charge in [0.2, 0.25) is 5.91 Å². The van der Waals surface area contributed by atoms with Gasteiger partial charge < -0.3 is 20.4 Å². The van der Waals surface area contributed by atoms with Crippen molar-refractivity contribution in [3.8, 4) is 0 Å². The van der Waals surface area contributed by atoms with Gasteiger partial charge in [-0.2, -0.15) is 0 Å². The van der Waals surface area contributed by atoms with E-state index in [1.54, 1.807) is 13.3 Å². The number of guanidine groups is 1. The van der Waals surface area contributed by atoms with E-state index < -0.39 is 0 Å². The number of benzene rings is 1. The highest BCUT2D eigenvalue weighted by atomic mass is 16.3. The molecular formula is C24H33N5O2. The summed E-state index contributed by atoms with van der Waals surface area (Å²) in [7, 11) is 1.78. The van der Waals surface area contributed by atoms with Crippen molar-refractivity contribution in [1.29, 1.82) is 0 Å². The highest BCUT2D eigenvalue weighted by molar-refractivity contribution is 5.93. The molecule has 7 heteroatoms. The van der Waals surface area contributed by atoms with Crippen LogP contribution in [0.1, 0.15) is 49.5 Å². The zero-order chi connectivity index (χ0) is 21.5. The van der Waals surface area contributed by atoms with Gasteiger partial charge in [-0.15, -0.1) is 0 Å². The Balaban J connectivity index is 1.30. The van der Waals surface area contributed by atoms with Gasteiger partial charge in [0.1, 0.15) is 5.76 Å². The lowest BCUT2D eigenvalue weighted by Gasteiger charge is -2.26. The third-order valence-corrected chi connectivity index (χ3v) is 6.27. The molecule has 2 aliphatic rings. The molecule has 2 fully saturated rings. The molecule has 7 nitrogen and oxygen atoms in total. The molecule has 1 aliphatic carbocycles. The monoisotopic (exact) mass is 423 g/mol. The zero-order valence-corrected chi connectivity index (χ0v) is 18.3. The smallest absolute Gasteiger partial charge is 0.227 e. The second kappa shape index (κ2) is 10.5. The van der Waals surface area contributed by atoms with Crippen LogP contribution in [0, 0.1) is 5.92 Å². The Labute approximate surface area is 184 Å². The molecule has 0 bridgehead atoms. The van der Waals surface area contributed by atoms with Gasteiger partial charge in [0.15, 0.2) is 5.96 Å². The Bertz CT molecular complexity index is 870. The van der Waals surface area contributed by atoms with Gasteiger partial charge in [-0.1, -0.05) is 18.6 Å². The first-order chi connectivity index (χ1) is 15.2. The molecule has 31 heavy (non-hydrogen) atoms. The highest BCUT2D eigenvalue weighted by Gasteiger charge is 2.26. The van der Waals surface area contributed by atoms with Crippen molar-refractivity contribution in [3.63, 3.8) is 0 Å². The van der Waals surface area contributed by atoms with Crippen LogP contribution >= 0.6 is 0 Å². The molecular weight excluding hydrogens is 390 g/mol. The fraction of sp³-hybridized carbons (Fsp3) is 0.500. The molecule has 2 heterocycles. The van der Waals surface area contributed by atoms with Crippen molar-refractivity contribution in [2.24, 2.45) is 10.9 Å². The maximum absolute atomic E-state index is 12.2. The summed E-state index contributed by atoms with van der Waals surface area (Å²) in [6.07, 6.45) is 7.38. The van der Waals surface area contributed by atoms with E-state index in [0.29, 0.717) is 6.54 Å². The highest BCUT2D eigenvalue weighted by Crippen LogP contribution is 2.28. The minimum Gasteiger partial charge on any atom is -0.468 e. The van der Waals surface area contributed by atoms with Crippen LogP contribution < -0.4 is 16.0 Å².